The molecule has 1 amide bonds. The van der Waals surface area contributed by atoms with Crippen LogP contribution in [0.1, 0.15) is 35.2 Å². The van der Waals surface area contributed by atoms with E-state index in [0.717, 1.165) is 41.7 Å². The van der Waals surface area contributed by atoms with E-state index in [2.05, 4.69) is 26.6 Å². The van der Waals surface area contributed by atoms with Gasteiger partial charge in [-0.25, -0.2) is 0 Å². The lowest BCUT2D eigenvalue weighted by Crippen LogP contribution is -2.33. The van der Waals surface area contributed by atoms with Crippen LogP contribution in [0.4, 0.5) is 0 Å². The van der Waals surface area contributed by atoms with Crippen molar-refractivity contribution in [1.29, 1.82) is 0 Å². The summed E-state index contributed by atoms with van der Waals surface area (Å²) in [4.78, 5) is 12.1. The topological polar surface area (TPSA) is 41.1 Å². The molecule has 1 aromatic rings. The number of piperidine rings is 1. The average molecular weight is 325 g/mol. The van der Waals surface area contributed by atoms with Gasteiger partial charge in [-0.2, -0.15) is 0 Å². The SMILES string of the molecule is Cc1c(Br)cccc1C(=O)NCC[C@H]1CCCNC1. The first-order valence-electron chi connectivity index (χ1n) is 6.92. The molecule has 2 N–H and O–H groups in total. The van der Waals surface area contributed by atoms with Gasteiger partial charge in [0.2, 0.25) is 0 Å². The summed E-state index contributed by atoms with van der Waals surface area (Å²) >= 11 is 3.46. The molecule has 1 saturated heterocycles. The lowest BCUT2D eigenvalue weighted by Gasteiger charge is -2.22. The number of carbonyl (C=O) groups is 1. The first-order chi connectivity index (χ1) is 9.18. The van der Waals surface area contributed by atoms with Crippen LogP contribution in [0, 0.1) is 12.8 Å². The highest BCUT2D eigenvalue weighted by Gasteiger charge is 2.14. The summed E-state index contributed by atoms with van der Waals surface area (Å²) in [6.07, 6.45) is 3.59. The Hall–Kier alpha value is -0.870. The normalized spacial score (nSPS) is 19.2. The molecule has 0 radical (unpaired) electrons. The Morgan fingerprint density at radius 2 is 2.37 bits per heavy atom. The van der Waals surface area contributed by atoms with E-state index in [1.165, 1.54) is 12.8 Å². The second kappa shape index (κ2) is 7.06. The molecule has 104 valence electrons. The highest BCUT2D eigenvalue weighted by molar-refractivity contribution is 9.10. The zero-order valence-corrected chi connectivity index (χ0v) is 12.9. The molecule has 0 saturated carbocycles. The van der Waals surface area contributed by atoms with Gasteiger partial charge in [0, 0.05) is 16.6 Å². The fraction of sp³-hybridized carbons (Fsp3) is 0.533. The highest BCUT2D eigenvalue weighted by atomic mass is 79.9. The standard InChI is InChI=1S/C15H21BrN2O/c1-11-13(5-2-6-14(11)16)15(19)18-9-7-12-4-3-8-17-10-12/h2,5-6,12,17H,3-4,7-10H2,1H3,(H,18,19)/t12-/m1/s1. The number of benzene rings is 1. The fourth-order valence-corrected chi connectivity index (χ4v) is 2.88. The molecule has 0 aromatic heterocycles. The molecule has 0 aliphatic carbocycles. The molecule has 3 nitrogen and oxygen atoms in total. The number of halogens is 1. The maximum absolute atomic E-state index is 12.1. The van der Waals surface area contributed by atoms with Crippen molar-refractivity contribution in [3.63, 3.8) is 0 Å². The van der Waals surface area contributed by atoms with Crippen molar-refractivity contribution in [2.75, 3.05) is 19.6 Å². The zero-order valence-electron chi connectivity index (χ0n) is 11.3. The van der Waals surface area contributed by atoms with E-state index in [0.29, 0.717) is 5.92 Å². The Balaban J connectivity index is 1.82. The zero-order chi connectivity index (χ0) is 13.7. The number of nitrogens with one attached hydrogen (secondary N) is 2. The molecule has 0 unspecified atom stereocenters. The third-order valence-corrected chi connectivity index (χ3v) is 4.61. The Labute approximate surface area is 123 Å². The molecule has 0 bridgehead atoms. The number of rotatable bonds is 4. The molecule has 1 aliphatic heterocycles. The second-order valence-electron chi connectivity index (χ2n) is 5.17. The van der Waals surface area contributed by atoms with E-state index in [-0.39, 0.29) is 5.91 Å². The largest absolute Gasteiger partial charge is 0.352 e. The monoisotopic (exact) mass is 324 g/mol. The number of carbonyl (C=O) groups excluding carboxylic acids is 1. The van der Waals surface area contributed by atoms with Crippen molar-refractivity contribution < 1.29 is 4.79 Å². The van der Waals surface area contributed by atoms with Crippen LogP contribution in [0.2, 0.25) is 0 Å². The maximum Gasteiger partial charge on any atom is 0.251 e. The molecule has 1 aliphatic rings. The van der Waals surface area contributed by atoms with Crippen LogP contribution in [0.15, 0.2) is 22.7 Å². The van der Waals surface area contributed by atoms with E-state index in [1.807, 2.05) is 25.1 Å². The summed E-state index contributed by atoms with van der Waals surface area (Å²) in [5.41, 5.74) is 1.76. The molecular formula is C15H21BrN2O. The predicted molar refractivity (Wildman–Crippen MR) is 81.4 cm³/mol. The summed E-state index contributed by atoms with van der Waals surface area (Å²) in [6.45, 7) is 4.95. The van der Waals surface area contributed by atoms with E-state index in [9.17, 15) is 4.79 Å². The first kappa shape index (κ1) is 14.5. The van der Waals surface area contributed by atoms with E-state index in [4.69, 9.17) is 0 Å². The van der Waals surface area contributed by atoms with Gasteiger partial charge in [0.25, 0.3) is 5.91 Å². The number of amides is 1. The van der Waals surface area contributed by atoms with Crippen molar-refractivity contribution in [3.05, 3.63) is 33.8 Å². The Morgan fingerprint density at radius 1 is 1.53 bits per heavy atom. The van der Waals surface area contributed by atoms with Crippen LogP contribution in [0.3, 0.4) is 0 Å². The van der Waals surface area contributed by atoms with Gasteiger partial charge in [0.15, 0.2) is 0 Å². The number of hydrogen-bond donors (Lipinski definition) is 2. The lowest BCUT2D eigenvalue weighted by molar-refractivity contribution is 0.0950. The van der Waals surface area contributed by atoms with Gasteiger partial charge in [0.05, 0.1) is 0 Å². The predicted octanol–water partition coefficient (Wildman–Crippen LogP) is 2.88. The van der Waals surface area contributed by atoms with Crippen LogP contribution < -0.4 is 10.6 Å². The maximum atomic E-state index is 12.1. The van der Waals surface area contributed by atoms with E-state index in [1.54, 1.807) is 0 Å². The van der Waals surface area contributed by atoms with Crippen molar-refractivity contribution in [1.82, 2.24) is 10.6 Å². The van der Waals surface area contributed by atoms with E-state index >= 15 is 0 Å². The molecule has 2 rings (SSSR count). The van der Waals surface area contributed by atoms with Crippen molar-refractivity contribution in [2.45, 2.75) is 26.2 Å². The van der Waals surface area contributed by atoms with Gasteiger partial charge in [-0.3, -0.25) is 4.79 Å². The summed E-state index contributed by atoms with van der Waals surface area (Å²) in [5.74, 6) is 0.736. The van der Waals surface area contributed by atoms with Gasteiger partial charge >= 0.3 is 0 Å². The first-order valence-corrected chi connectivity index (χ1v) is 7.72. The Bertz CT molecular complexity index is 442. The van der Waals surface area contributed by atoms with Crippen LogP contribution in [0.25, 0.3) is 0 Å². The molecule has 1 fully saturated rings. The smallest absolute Gasteiger partial charge is 0.251 e. The Morgan fingerprint density at radius 3 is 3.11 bits per heavy atom. The van der Waals surface area contributed by atoms with Crippen molar-refractivity contribution >= 4 is 21.8 Å². The summed E-state index contributed by atoms with van der Waals surface area (Å²) in [5, 5.41) is 6.43. The summed E-state index contributed by atoms with van der Waals surface area (Å²) in [6, 6.07) is 5.73. The van der Waals surface area contributed by atoms with Crippen LogP contribution in [-0.2, 0) is 0 Å². The lowest BCUT2D eigenvalue weighted by atomic mass is 9.96. The third-order valence-electron chi connectivity index (χ3n) is 3.75. The van der Waals surface area contributed by atoms with Gasteiger partial charge < -0.3 is 10.6 Å². The third kappa shape index (κ3) is 4.05. The summed E-state index contributed by atoms with van der Waals surface area (Å²) < 4.78 is 0.983. The second-order valence-corrected chi connectivity index (χ2v) is 6.02. The van der Waals surface area contributed by atoms with E-state index < -0.39 is 0 Å². The molecule has 19 heavy (non-hydrogen) atoms. The quantitative estimate of drug-likeness (QED) is 0.894. The molecule has 1 atom stereocenters. The molecule has 0 spiro atoms. The molecular weight excluding hydrogens is 304 g/mol. The fourth-order valence-electron chi connectivity index (χ4n) is 2.51. The Kier molecular flexibility index (Phi) is 5.40. The van der Waals surface area contributed by atoms with Crippen molar-refractivity contribution in [3.8, 4) is 0 Å². The van der Waals surface area contributed by atoms with Gasteiger partial charge in [-0.05, 0) is 62.9 Å². The average Bonchev–Trinajstić information content (AvgIpc) is 2.43. The van der Waals surface area contributed by atoms with Crippen LogP contribution in [0.5, 0.6) is 0 Å². The van der Waals surface area contributed by atoms with Crippen LogP contribution >= 0.6 is 15.9 Å². The van der Waals surface area contributed by atoms with Gasteiger partial charge in [-0.1, -0.05) is 22.0 Å². The summed E-state index contributed by atoms with van der Waals surface area (Å²) in [7, 11) is 0. The van der Waals surface area contributed by atoms with Crippen LogP contribution in [-0.4, -0.2) is 25.5 Å². The highest BCUT2D eigenvalue weighted by Crippen LogP contribution is 2.19. The molecule has 1 heterocycles. The van der Waals surface area contributed by atoms with Crippen molar-refractivity contribution in [2.24, 2.45) is 5.92 Å². The number of hydrogen-bond acceptors (Lipinski definition) is 2. The minimum Gasteiger partial charge on any atom is -0.352 e. The van der Waals surface area contributed by atoms with Gasteiger partial charge in [0.1, 0.15) is 0 Å². The van der Waals surface area contributed by atoms with Gasteiger partial charge in [-0.15, -0.1) is 0 Å². The minimum atomic E-state index is 0.0302. The molecule has 1 aromatic carbocycles. The minimum absolute atomic E-state index is 0.0302. The molecule has 4 heteroatoms.